The van der Waals surface area contributed by atoms with E-state index < -0.39 is 30.3 Å². The Morgan fingerprint density at radius 3 is 2.66 bits per heavy atom. The van der Waals surface area contributed by atoms with E-state index in [2.05, 4.69) is 5.32 Å². The zero-order valence-electron chi connectivity index (χ0n) is 15.7. The molecule has 10 nitrogen and oxygen atoms in total. The minimum atomic E-state index is -0.992. The molecular weight excluding hydrogens is 386 g/mol. The van der Waals surface area contributed by atoms with Crippen molar-refractivity contribution in [1.82, 2.24) is 0 Å². The lowest BCUT2D eigenvalue weighted by molar-refractivity contribution is -0.140. The van der Waals surface area contributed by atoms with E-state index in [0.717, 1.165) is 0 Å². The lowest BCUT2D eigenvalue weighted by Gasteiger charge is -2.32. The van der Waals surface area contributed by atoms with Crippen LogP contribution in [0.15, 0.2) is 45.0 Å². The SMILES string of the molecule is COC1=C(C)OC(Oc2ccc3cc(NC(C)=O)c(=O)oc3c2)[C@H]2OC(=O)O[C@@H]12. The van der Waals surface area contributed by atoms with Crippen molar-refractivity contribution < 1.29 is 37.7 Å². The van der Waals surface area contributed by atoms with Crippen molar-refractivity contribution in [3.05, 3.63) is 46.2 Å². The fourth-order valence-electron chi connectivity index (χ4n) is 3.20. The molecule has 0 bridgehead atoms. The summed E-state index contributed by atoms with van der Waals surface area (Å²) in [5.41, 5.74) is -0.404. The predicted molar refractivity (Wildman–Crippen MR) is 97.1 cm³/mol. The number of allylic oxidation sites excluding steroid dienone is 1. The number of hydrogen-bond acceptors (Lipinski definition) is 9. The summed E-state index contributed by atoms with van der Waals surface area (Å²) in [6.07, 6.45) is -3.50. The molecule has 1 unspecified atom stereocenters. The van der Waals surface area contributed by atoms with Crippen LogP contribution >= 0.6 is 0 Å². The maximum absolute atomic E-state index is 12.0. The number of rotatable bonds is 4. The Balaban J connectivity index is 1.62. The second kappa shape index (κ2) is 7.04. The Hall–Kier alpha value is -3.69. The lowest BCUT2D eigenvalue weighted by Crippen LogP contribution is -2.45. The largest absolute Gasteiger partial charge is 0.509 e. The van der Waals surface area contributed by atoms with Crippen molar-refractivity contribution >= 4 is 28.7 Å². The minimum absolute atomic E-state index is 0.0417. The van der Waals surface area contributed by atoms with Gasteiger partial charge in [-0.3, -0.25) is 4.79 Å². The van der Waals surface area contributed by atoms with Crippen LogP contribution in [0.5, 0.6) is 5.75 Å². The fourth-order valence-corrected chi connectivity index (χ4v) is 3.20. The number of carbonyl (C=O) groups is 2. The number of carbonyl (C=O) groups excluding carboxylic acids is 2. The first-order valence-corrected chi connectivity index (χ1v) is 8.66. The average molecular weight is 403 g/mol. The molecule has 2 aliphatic rings. The topological polar surface area (TPSA) is 123 Å². The van der Waals surface area contributed by atoms with E-state index in [1.807, 2.05) is 0 Å². The van der Waals surface area contributed by atoms with Gasteiger partial charge in [0.2, 0.25) is 18.1 Å². The van der Waals surface area contributed by atoms with Gasteiger partial charge >= 0.3 is 11.8 Å². The third-order valence-electron chi connectivity index (χ3n) is 4.41. The van der Waals surface area contributed by atoms with Gasteiger partial charge in [0.25, 0.3) is 6.29 Å². The van der Waals surface area contributed by atoms with E-state index in [9.17, 15) is 14.4 Å². The van der Waals surface area contributed by atoms with Crippen LogP contribution in [0, 0.1) is 0 Å². The van der Waals surface area contributed by atoms with Gasteiger partial charge in [-0.05, 0) is 25.1 Å². The summed E-state index contributed by atoms with van der Waals surface area (Å²) in [5.74, 6) is 0.668. The Kier molecular flexibility index (Phi) is 4.53. The smallest absolute Gasteiger partial charge is 0.494 e. The van der Waals surface area contributed by atoms with Gasteiger partial charge in [0.1, 0.15) is 22.8 Å². The molecular formula is C19H17NO9. The third-order valence-corrected chi connectivity index (χ3v) is 4.41. The van der Waals surface area contributed by atoms with E-state index in [4.69, 9.17) is 28.1 Å². The number of anilines is 1. The summed E-state index contributed by atoms with van der Waals surface area (Å²) in [6, 6.07) is 6.28. The molecule has 0 radical (unpaired) electrons. The molecule has 0 saturated carbocycles. The number of benzene rings is 1. The normalized spacial score (nSPS) is 23.0. The maximum atomic E-state index is 12.0. The molecule has 1 amide bonds. The zero-order valence-corrected chi connectivity index (χ0v) is 15.7. The highest BCUT2D eigenvalue weighted by molar-refractivity contribution is 5.91. The molecule has 152 valence electrons. The van der Waals surface area contributed by atoms with Gasteiger partial charge in [0.15, 0.2) is 5.76 Å². The number of methoxy groups -OCH3 is 1. The molecule has 1 aromatic heterocycles. The van der Waals surface area contributed by atoms with Gasteiger partial charge < -0.3 is 33.4 Å². The second-order valence-electron chi connectivity index (χ2n) is 6.43. The van der Waals surface area contributed by atoms with E-state index in [0.29, 0.717) is 22.7 Å². The van der Waals surface area contributed by atoms with E-state index >= 15 is 0 Å². The highest BCUT2D eigenvalue weighted by Crippen LogP contribution is 2.35. The number of amides is 1. The number of ether oxygens (including phenoxy) is 5. The van der Waals surface area contributed by atoms with Crippen molar-refractivity contribution in [2.45, 2.75) is 32.3 Å². The van der Waals surface area contributed by atoms with Crippen LogP contribution in [0.25, 0.3) is 11.0 Å². The number of hydrogen-bond donors (Lipinski definition) is 1. The van der Waals surface area contributed by atoms with E-state index in [-0.39, 0.29) is 17.2 Å². The summed E-state index contributed by atoms with van der Waals surface area (Å²) in [4.78, 5) is 34.8. The molecule has 10 heteroatoms. The van der Waals surface area contributed by atoms with Crippen LogP contribution in [-0.4, -0.2) is 37.7 Å². The number of nitrogens with one attached hydrogen (secondary N) is 1. The first-order chi connectivity index (χ1) is 13.9. The van der Waals surface area contributed by atoms with Crippen LogP contribution in [0.4, 0.5) is 10.5 Å². The Bertz CT molecular complexity index is 1090. The molecule has 1 N–H and O–H groups in total. The van der Waals surface area contributed by atoms with Gasteiger partial charge in [-0.1, -0.05) is 0 Å². The molecule has 1 aromatic carbocycles. The summed E-state index contributed by atoms with van der Waals surface area (Å²) in [7, 11) is 1.44. The van der Waals surface area contributed by atoms with E-state index in [1.165, 1.54) is 26.2 Å². The van der Waals surface area contributed by atoms with E-state index in [1.54, 1.807) is 19.1 Å². The molecule has 2 aliphatic heterocycles. The molecule has 1 saturated heterocycles. The average Bonchev–Trinajstić information content (AvgIpc) is 3.04. The Labute approximate surface area is 163 Å². The highest BCUT2D eigenvalue weighted by atomic mass is 16.8. The molecule has 0 aliphatic carbocycles. The standard InChI is InChI=1S/C19H17NO9/c1-8-14(24-3)15-16(29-19(23)28-15)18(25-8)26-11-5-4-10-6-12(20-9(2)21)17(22)27-13(10)7-11/h4-7,15-16,18H,1-3H3,(H,20,21)/t15-,16-,18?/m0/s1. The van der Waals surface area contributed by atoms with Crippen molar-refractivity contribution in [3.8, 4) is 5.75 Å². The van der Waals surface area contributed by atoms with Crippen molar-refractivity contribution in [1.29, 1.82) is 0 Å². The van der Waals surface area contributed by atoms with Gasteiger partial charge in [0.05, 0.1) is 7.11 Å². The highest BCUT2D eigenvalue weighted by Gasteiger charge is 2.51. The van der Waals surface area contributed by atoms with Gasteiger partial charge in [-0.15, -0.1) is 0 Å². The monoisotopic (exact) mass is 403 g/mol. The van der Waals surface area contributed by atoms with Crippen LogP contribution in [0.1, 0.15) is 13.8 Å². The molecule has 1 fully saturated rings. The molecule has 0 spiro atoms. The summed E-state index contributed by atoms with van der Waals surface area (Å²) < 4.78 is 32.3. The zero-order chi connectivity index (χ0) is 20.7. The Morgan fingerprint density at radius 2 is 1.93 bits per heavy atom. The van der Waals surface area contributed by atoms with Crippen LogP contribution in [0.3, 0.4) is 0 Å². The lowest BCUT2D eigenvalue weighted by atomic mass is 10.1. The summed E-state index contributed by atoms with van der Waals surface area (Å²) in [6.45, 7) is 2.95. The van der Waals surface area contributed by atoms with Crippen LogP contribution in [0.2, 0.25) is 0 Å². The molecule has 4 rings (SSSR count). The van der Waals surface area contributed by atoms with Crippen LogP contribution < -0.4 is 15.7 Å². The summed E-state index contributed by atoms with van der Waals surface area (Å²) >= 11 is 0. The van der Waals surface area contributed by atoms with Gasteiger partial charge in [-0.25, -0.2) is 9.59 Å². The third kappa shape index (κ3) is 3.44. The molecule has 29 heavy (non-hydrogen) atoms. The summed E-state index contributed by atoms with van der Waals surface area (Å²) in [5, 5.41) is 2.99. The number of fused-ring (bicyclic) bond motifs is 2. The van der Waals surface area contributed by atoms with Gasteiger partial charge in [0, 0.05) is 18.4 Å². The quantitative estimate of drug-likeness (QED) is 0.605. The predicted octanol–water partition coefficient (Wildman–Crippen LogP) is 2.27. The second-order valence-corrected chi connectivity index (χ2v) is 6.43. The fraction of sp³-hybridized carbons (Fsp3) is 0.316. The van der Waals surface area contributed by atoms with Crippen molar-refractivity contribution in [3.63, 3.8) is 0 Å². The molecule has 2 aromatic rings. The first-order valence-electron chi connectivity index (χ1n) is 8.66. The molecule has 3 atom stereocenters. The van der Waals surface area contributed by atoms with Crippen molar-refractivity contribution in [2.24, 2.45) is 0 Å². The first kappa shape index (κ1) is 18.7. The van der Waals surface area contributed by atoms with Crippen molar-refractivity contribution in [2.75, 3.05) is 12.4 Å². The minimum Gasteiger partial charge on any atom is -0.494 e. The maximum Gasteiger partial charge on any atom is 0.509 e. The molecule has 3 heterocycles. The Morgan fingerprint density at radius 1 is 1.14 bits per heavy atom. The van der Waals surface area contributed by atoms with Gasteiger partial charge in [-0.2, -0.15) is 0 Å². The van der Waals surface area contributed by atoms with Crippen LogP contribution in [-0.2, 0) is 23.7 Å².